The van der Waals surface area contributed by atoms with Crippen molar-refractivity contribution in [2.45, 2.75) is 19.3 Å². The first kappa shape index (κ1) is 19.7. The number of ether oxygens (including phenoxy) is 1. The first-order valence-electron chi connectivity index (χ1n) is 7.76. The fourth-order valence-electron chi connectivity index (χ4n) is 2.06. The average Bonchev–Trinajstić information content (AvgIpc) is 2.59. The van der Waals surface area contributed by atoms with Gasteiger partial charge in [0.05, 0.1) is 6.61 Å². The minimum absolute atomic E-state index is 0.141. The molecule has 7 heteroatoms. The fourth-order valence-corrected chi connectivity index (χ4v) is 2.06. The predicted molar refractivity (Wildman–Crippen MR) is 89.4 cm³/mol. The lowest BCUT2D eigenvalue weighted by Gasteiger charge is -2.08. The molecule has 3 nitrogen and oxygen atoms in total. The third-order valence-electron chi connectivity index (χ3n) is 3.34. The Hall–Kier alpha value is -2.67. The van der Waals surface area contributed by atoms with E-state index in [1.165, 1.54) is 18.2 Å². The molecule has 0 unspecified atom stereocenters. The van der Waals surface area contributed by atoms with Crippen molar-refractivity contribution in [2.75, 3.05) is 6.61 Å². The van der Waals surface area contributed by atoms with Gasteiger partial charge in [-0.05, 0) is 23.3 Å². The number of nitrogens with one attached hydrogen (secondary N) is 1. The van der Waals surface area contributed by atoms with Crippen molar-refractivity contribution in [3.8, 4) is 0 Å². The van der Waals surface area contributed by atoms with Gasteiger partial charge in [0.2, 0.25) is 5.91 Å². The molecule has 0 aliphatic rings. The minimum Gasteiger partial charge on any atom is -0.367 e. The minimum atomic E-state index is -4.35. The summed E-state index contributed by atoms with van der Waals surface area (Å²) in [5.74, 6) is -0.800. The van der Waals surface area contributed by atoms with Gasteiger partial charge < -0.3 is 10.1 Å². The monoisotopic (exact) mass is 367 g/mol. The molecule has 26 heavy (non-hydrogen) atoms. The van der Waals surface area contributed by atoms with Crippen LogP contribution in [0.5, 0.6) is 0 Å². The molecule has 0 bridgehead atoms. The fraction of sp³-hybridized carbons (Fsp3) is 0.211. The lowest BCUT2D eigenvalue weighted by molar-refractivity contribution is -0.176. The standard InChI is InChI=1S/C19H17F4NO2/c20-17-4-2-1-3-16(17)9-10-18(25)24-11-14-5-7-15(8-6-14)12-26-13-19(21,22)23/h1-10H,11-13H2,(H,24,25)/b10-9+. The molecule has 0 saturated heterocycles. The van der Waals surface area contributed by atoms with Crippen LogP contribution in [0.4, 0.5) is 17.6 Å². The van der Waals surface area contributed by atoms with Crippen molar-refractivity contribution >= 4 is 12.0 Å². The number of carbonyl (C=O) groups is 1. The summed E-state index contributed by atoms with van der Waals surface area (Å²) >= 11 is 0. The molecule has 0 atom stereocenters. The number of amides is 1. The van der Waals surface area contributed by atoms with Gasteiger partial charge in [0.15, 0.2) is 0 Å². The third kappa shape index (κ3) is 7.06. The number of carbonyl (C=O) groups excluding carboxylic acids is 1. The van der Waals surface area contributed by atoms with Crippen molar-refractivity contribution in [3.05, 3.63) is 77.1 Å². The molecular formula is C19H17F4NO2. The molecule has 0 aliphatic heterocycles. The Bertz CT molecular complexity index is 755. The van der Waals surface area contributed by atoms with E-state index in [1.807, 2.05) is 0 Å². The van der Waals surface area contributed by atoms with Crippen LogP contribution >= 0.6 is 0 Å². The van der Waals surface area contributed by atoms with Crippen LogP contribution in [0.2, 0.25) is 0 Å². The van der Waals surface area contributed by atoms with Crippen LogP contribution in [0.1, 0.15) is 16.7 Å². The molecule has 0 spiro atoms. The highest BCUT2D eigenvalue weighted by Gasteiger charge is 2.27. The summed E-state index contributed by atoms with van der Waals surface area (Å²) in [5, 5.41) is 2.64. The second-order valence-electron chi connectivity index (χ2n) is 5.50. The first-order chi connectivity index (χ1) is 12.3. The molecule has 0 aliphatic carbocycles. The third-order valence-corrected chi connectivity index (χ3v) is 3.34. The normalized spacial score (nSPS) is 11.7. The van der Waals surface area contributed by atoms with Gasteiger partial charge in [0.1, 0.15) is 12.4 Å². The molecule has 2 aromatic rings. The molecule has 0 heterocycles. The topological polar surface area (TPSA) is 38.3 Å². The molecule has 1 amide bonds. The maximum Gasteiger partial charge on any atom is 0.411 e. The van der Waals surface area contributed by atoms with Crippen molar-refractivity contribution in [1.82, 2.24) is 5.32 Å². The molecule has 2 rings (SSSR count). The van der Waals surface area contributed by atoms with Crippen LogP contribution in [0.15, 0.2) is 54.6 Å². The molecule has 2 aromatic carbocycles. The number of alkyl halides is 3. The SMILES string of the molecule is O=C(/C=C/c1ccccc1F)NCc1ccc(COCC(F)(F)F)cc1. The van der Waals surface area contributed by atoms with Gasteiger partial charge >= 0.3 is 6.18 Å². The maximum atomic E-state index is 13.4. The van der Waals surface area contributed by atoms with E-state index < -0.39 is 18.6 Å². The molecular weight excluding hydrogens is 350 g/mol. The quantitative estimate of drug-likeness (QED) is 0.587. The predicted octanol–water partition coefficient (Wildman–Crippen LogP) is 4.23. The second-order valence-corrected chi connectivity index (χ2v) is 5.50. The highest BCUT2D eigenvalue weighted by molar-refractivity contribution is 5.91. The Morgan fingerprint density at radius 2 is 1.69 bits per heavy atom. The van der Waals surface area contributed by atoms with Gasteiger partial charge in [-0.3, -0.25) is 4.79 Å². The smallest absolute Gasteiger partial charge is 0.367 e. The van der Waals surface area contributed by atoms with Crippen molar-refractivity contribution < 1.29 is 27.1 Å². The molecule has 1 N–H and O–H groups in total. The Balaban J connectivity index is 1.78. The summed E-state index contributed by atoms with van der Waals surface area (Å²) in [5.41, 5.74) is 1.69. The van der Waals surface area contributed by atoms with Crippen LogP contribution < -0.4 is 5.32 Å². The summed E-state index contributed by atoms with van der Waals surface area (Å²) < 4.78 is 54.0. The van der Waals surface area contributed by atoms with Gasteiger partial charge in [0, 0.05) is 18.2 Å². The average molecular weight is 367 g/mol. The Labute approximate surface area is 148 Å². The van der Waals surface area contributed by atoms with E-state index in [1.54, 1.807) is 42.5 Å². The van der Waals surface area contributed by atoms with Crippen LogP contribution in [-0.4, -0.2) is 18.7 Å². The summed E-state index contributed by atoms with van der Waals surface area (Å²) in [6, 6.07) is 12.7. The summed E-state index contributed by atoms with van der Waals surface area (Å²) in [4.78, 5) is 11.8. The molecule has 0 aromatic heterocycles. The van der Waals surface area contributed by atoms with Gasteiger partial charge in [0.25, 0.3) is 0 Å². The Morgan fingerprint density at radius 1 is 1.04 bits per heavy atom. The van der Waals surface area contributed by atoms with Crippen LogP contribution in [0.25, 0.3) is 6.08 Å². The zero-order chi connectivity index (χ0) is 19.0. The van der Waals surface area contributed by atoms with Crippen LogP contribution in [0.3, 0.4) is 0 Å². The van der Waals surface area contributed by atoms with E-state index in [0.29, 0.717) is 11.1 Å². The number of hydrogen-bond acceptors (Lipinski definition) is 2. The molecule has 0 saturated carbocycles. The number of hydrogen-bond donors (Lipinski definition) is 1. The van der Waals surface area contributed by atoms with Crippen molar-refractivity contribution in [3.63, 3.8) is 0 Å². The zero-order valence-corrected chi connectivity index (χ0v) is 13.7. The molecule has 138 valence electrons. The first-order valence-corrected chi connectivity index (χ1v) is 7.76. The second kappa shape index (κ2) is 9.15. The van der Waals surface area contributed by atoms with E-state index in [2.05, 4.69) is 10.1 Å². The van der Waals surface area contributed by atoms with Gasteiger partial charge in [-0.15, -0.1) is 0 Å². The lowest BCUT2D eigenvalue weighted by atomic mass is 10.1. The Morgan fingerprint density at radius 3 is 2.35 bits per heavy atom. The van der Waals surface area contributed by atoms with Crippen molar-refractivity contribution in [1.29, 1.82) is 0 Å². The zero-order valence-electron chi connectivity index (χ0n) is 13.7. The summed E-state index contributed by atoms with van der Waals surface area (Å²) in [6.45, 7) is -1.19. The van der Waals surface area contributed by atoms with Gasteiger partial charge in [-0.1, -0.05) is 42.5 Å². The van der Waals surface area contributed by atoms with Crippen LogP contribution in [0, 0.1) is 5.82 Å². The van der Waals surface area contributed by atoms with Crippen LogP contribution in [-0.2, 0) is 22.7 Å². The van der Waals surface area contributed by atoms with E-state index >= 15 is 0 Å². The highest BCUT2D eigenvalue weighted by atomic mass is 19.4. The maximum absolute atomic E-state index is 13.4. The van der Waals surface area contributed by atoms with E-state index in [0.717, 1.165) is 5.56 Å². The highest BCUT2D eigenvalue weighted by Crippen LogP contribution is 2.16. The van der Waals surface area contributed by atoms with Gasteiger partial charge in [-0.2, -0.15) is 13.2 Å². The van der Waals surface area contributed by atoms with E-state index in [4.69, 9.17) is 0 Å². The molecule has 0 fully saturated rings. The number of halogens is 4. The lowest BCUT2D eigenvalue weighted by Crippen LogP contribution is -2.20. The van der Waals surface area contributed by atoms with E-state index in [9.17, 15) is 22.4 Å². The molecule has 0 radical (unpaired) electrons. The largest absolute Gasteiger partial charge is 0.411 e. The van der Waals surface area contributed by atoms with Crippen molar-refractivity contribution in [2.24, 2.45) is 0 Å². The summed E-state index contributed by atoms with van der Waals surface area (Å²) in [6.07, 6.45) is -1.73. The number of rotatable bonds is 7. The van der Waals surface area contributed by atoms with E-state index in [-0.39, 0.29) is 19.1 Å². The number of benzene rings is 2. The Kier molecular flexibility index (Phi) is 6.91. The van der Waals surface area contributed by atoms with Gasteiger partial charge in [-0.25, -0.2) is 4.39 Å². The summed E-state index contributed by atoms with van der Waals surface area (Å²) in [7, 11) is 0.